The van der Waals surface area contributed by atoms with E-state index < -0.39 is 5.60 Å². The van der Waals surface area contributed by atoms with Crippen LogP contribution in [0.3, 0.4) is 0 Å². The van der Waals surface area contributed by atoms with Crippen LogP contribution in [0.1, 0.15) is 23.1 Å². The molecule has 2 heteroatoms. The largest absolute Gasteiger partial charge is 0.380 e. The predicted octanol–water partition coefficient (Wildman–Crippen LogP) is 3.42. The second kappa shape index (κ2) is 4.15. The number of hydrogen-bond donors (Lipinski definition) is 1. The molecule has 0 radical (unpaired) electrons. The molecule has 1 aliphatic rings. The molecule has 0 saturated carbocycles. The Hall–Kier alpha value is -2.19. The van der Waals surface area contributed by atoms with Crippen molar-refractivity contribution in [2.24, 2.45) is 0 Å². The van der Waals surface area contributed by atoms with Crippen LogP contribution in [0.15, 0.2) is 60.8 Å². The molecule has 1 aromatic heterocycles. The molecule has 3 aromatic rings. The number of aryl methyl sites for hydroxylation is 1. The first-order chi connectivity index (χ1) is 9.77. The summed E-state index contributed by atoms with van der Waals surface area (Å²) >= 11 is 0. The predicted molar refractivity (Wildman–Crippen MR) is 79.5 cm³/mol. The Morgan fingerprint density at radius 2 is 1.90 bits per heavy atom. The zero-order chi connectivity index (χ0) is 13.6. The fraction of sp³-hybridized carbons (Fsp3) is 0.167. The molecule has 2 nitrogen and oxygen atoms in total. The van der Waals surface area contributed by atoms with Crippen LogP contribution < -0.4 is 0 Å². The van der Waals surface area contributed by atoms with Gasteiger partial charge in [-0.25, -0.2) is 0 Å². The van der Waals surface area contributed by atoms with Crippen molar-refractivity contribution >= 4 is 10.9 Å². The minimum atomic E-state index is -0.873. The average Bonchev–Trinajstić information content (AvgIpc) is 2.86. The zero-order valence-electron chi connectivity index (χ0n) is 11.1. The van der Waals surface area contributed by atoms with Crippen molar-refractivity contribution in [3.8, 4) is 0 Å². The SMILES string of the molecule is OC1(c2ccc3cccnc3c2)CCc2ccccc21. The van der Waals surface area contributed by atoms with Gasteiger partial charge < -0.3 is 5.11 Å². The van der Waals surface area contributed by atoms with E-state index in [0.29, 0.717) is 0 Å². The van der Waals surface area contributed by atoms with Gasteiger partial charge in [0.05, 0.1) is 5.52 Å². The Labute approximate surface area is 117 Å². The number of nitrogens with zero attached hydrogens (tertiary/aromatic N) is 1. The third-order valence-corrected chi connectivity index (χ3v) is 4.30. The summed E-state index contributed by atoms with van der Waals surface area (Å²) in [5.41, 5.74) is 3.28. The second-order valence-corrected chi connectivity index (χ2v) is 5.43. The number of fused-ring (bicyclic) bond motifs is 2. The molecule has 1 aliphatic carbocycles. The van der Waals surface area contributed by atoms with Crippen LogP contribution in [0.4, 0.5) is 0 Å². The Kier molecular flexibility index (Phi) is 2.41. The standard InChI is InChI=1S/C18H15NO/c20-18(10-9-13-4-1-2-6-16(13)18)15-8-7-14-5-3-11-19-17(14)12-15/h1-8,11-12,20H,9-10H2. The Morgan fingerprint density at radius 1 is 1.00 bits per heavy atom. The van der Waals surface area contributed by atoms with Gasteiger partial charge in [-0.3, -0.25) is 4.98 Å². The quantitative estimate of drug-likeness (QED) is 0.728. The normalized spacial score (nSPS) is 21.1. The first-order valence-corrected chi connectivity index (χ1v) is 6.93. The van der Waals surface area contributed by atoms with E-state index in [4.69, 9.17) is 0 Å². The summed E-state index contributed by atoms with van der Waals surface area (Å²) < 4.78 is 0. The molecule has 0 saturated heterocycles. The van der Waals surface area contributed by atoms with E-state index in [9.17, 15) is 5.11 Å². The number of aromatic nitrogens is 1. The molecule has 98 valence electrons. The molecule has 4 rings (SSSR count). The summed E-state index contributed by atoms with van der Waals surface area (Å²) in [5.74, 6) is 0. The number of benzene rings is 2. The smallest absolute Gasteiger partial charge is 0.115 e. The summed E-state index contributed by atoms with van der Waals surface area (Å²) in [4.78, 5) is 4.39. The van der Waals surface area contributed by atoms with Crippen LogP contribution >= 0.6 is 0 Å². The van der Waals surface area contributed by atoms with Crippen LogP contribution in [0.25, 0.3) is 10.9 Å². The van der Waals surface area contributed by atoms with Crippen molar-refractivity contribution in [1.29, 1.82) is 0 Å². The highest BCUT2D eigenvalue weighted by molar-refractivity contribution is 5.79. The number of rotatable bonds is 1. The first kappa shape index (κ1) is 11.6. The summed E-state index contributed by atoms with van der Waals surface area (Å²) in [5, 5.41) is 12.2. The van der Waals surface area contributed by atoms with Gasteiger partial charge in [0.1, 0.15) is 5.60 Å². The zero-order valence-corrected chi connectivity index (χ0v) is 11.1. The van der Waals surface area contributed by atoms with E-state index in [1.165, 1.54) is 5.56 Å². The maximum Gasteiger partial charge on any atom is 0.115 e. The highest BCUT2D eigenvalue weighted by Crippen LogP contribution is 2.42. The fourth-order valence-electron chi connectivity index (χ4n) is 3.22. The highest BCUT2D eigenvalue weighted by Gasteiger charge is 2.38. The van der Waals surface area contributed by atoms with E-state index in [1.54, 1.807) is 6.20 Å². The number of pyridine rings is 1. The van der Waals surface area contributed by atoms with E-state index in [1.807, 2.05) is 48.5 Å². The molecule has 2 aromatic carbocycles. The Morgan fingerprint density at radius 3 is 2.85 bits per heavy atom. The maximum atomic E-state index is 11.1. The van der Waals surface area contributed by atoms with Gasteiger partial charge in [0, 0.05) is 11.6 Å². The minimum Gasteiger partial charge on any atom is -0.380 e. The lowest BCUT2D eigenvalue weighted by atomic mass is 9.87. The lowest BCUT2D eigenvalue weighted by molar-refractivity contribution is 0.0831. The van der Waals surface area contributed by atoms with Gasteiger partial charge in [-0.15, -0.1) is 0 Å². The van der Waals surface area contributed by atoms with Crippen molar-refractivity contribution in [3.05, 3.63) is 77.5 Å². The monoisotopic (exact) mass is 261 g/mol. The maximum absolute atomic E-state index is 11.1. The van der Waals surface area contributed by atoms with Gasteiger partial charge >= 0.3 is 0 Å². The molecule has 1 atom stereocenters. The van der Waals surface area contributed by atoms with E-state index >= 15 is 0 Å². The van der Waals surface area contributed by atoms with Gasteiger partial charge in [0.15, 0.2) is 0 Å². The summed E-state index contributed by atoms with van der Waals surface area (Å²) in [6, 6.07) is 18.2. The van der Waals surface area contributed by atoms with Crippen molar-refractivity contribution in [3.63, 3.8) is 0 Å². The minimum absolute atomic E-state index is 0.741. The van der Waals surface area contributed by atoms with Gasteiger partial charge in [0.25, 0.3) is 0 Å². The summed E-state index contributed by atoms with van der Waals surface area (Å²) in [7, 11) is 0. The average molecular weight is 261 g/mol. The molecule has 20 heavy (non-hydrogen) atoms. The van der Waals surface area contributed by atoms with Crippen molar-refractivity contribution < 1.29 is 5.11 Å². The summed E-state index contributed by atoms with van der Waals surface area (Å²) in [6.45, 7) is 0. The van der Waals surface area contributed by atoms with E-state index in [2.05, 4.69) is 11.1 Å². The number of hydrogen-bond acceptors (Lipinski definition) is 2. The van der Waals surface area contributed by atoms with Gasteiger partial charge in [0.2, 0.25) is 0 Å². The van der Waals surface area contributed by atoms with Crippen LogP contribution in [-0.4, -0.2) is 10.1 Å². The molecule has 1 heterocycles. The Bertz CT molecular complexity index is 796. The van der Waals surface area contributed by atoms with Crippen LogP contribution in [0.5, 0.6) is 0 Å². The van der Waals surface area contributed by atoms with Crippen LogP contribution in [-0.2, 0) is 12.0 Å². The molecule has 1 unspecified atom stereocenters. The van der Waals surface area contributed by atoms with E-state index in [0.717, 1.165) is 34.9 Å². The Balaban J connectivity index is 1.91. The van der Waals surface area contributed by atoms with Crippen molar-refractivity contribution in [1.82, 2.24) is 4.98 Å². The third kappa shape index (κ3) is 1.58. The molecule has 0 spiro atoms. The molecular weight excluding hydrogens is 246 g/mol. The van der Waals surface area contributed by atoms with Crippen molar-refractivity contribution in [2.45, 2.75) is 18.4 Å². The summed E-state index contributed by atoms with van der Waals surface area (Å²) in [6.07, 6.45) is 3.45. The van der Waals surface area contributed by atoms with Gasteiger partial charge in [-0.05, 0) is 41.7 Å². The van der Waals surface area contributed by atoms with Crippen LogP contribution in [0.2, 0.25) is 0 Å². The topological polar surface area (TPSA) is 33.1 Å². The third-order valence-electron chi connectivity index (χ3n) is 4.30. The molecule has 0 bridgehead atoms. The second-order valence-electron chi connectivity index (χ2n) is 5.43. The molecular formula is C18H15NO. The molecule has 0 amide bonds. The van der Waals surface area contributed by atoms with Crippen molar-refractivity contribution in [2.75, 3.05) is 0 Å². The van der Waals surface area contributed by atoms with Gasteiger partial charge in [-0.1, -0.05) is 42.5 Å². The van der Waals surface area contributed by atoms with Gasteiger partial charge in [-0.2, -0.15) is 0 Å². The fourth-order valence-corrected chi connectivity index (χ4v) is 3.22. The van der Waals surface area contributed by atoms with Crippen LogP contribution in [0, 0.1) is 0 Å². The van der Waals surface area contributed by atoms with E-state index in [-0.39, 0.29) is 0 Å². The lowest BCUT2D eigenvalue weighted by Gasteiger charge is -2.25. The molecule has 0 fully saturated rings. The molecule has 0 aliphatic heterocycles. The lowest BCUT2D eigenvalue weighted by Crippen LogP contribution is -2.23. The first-order valence-electron chi connectivity index (χ1n) is 6.93. The highest BCUT2D eigenvalue weighted by atomic mass is 16.3. The number of aliphatic hydroxyl groups is 1. The molecule has 1 N–H and O–H groups in total.